The molecule has 0 bridgehead atoms. The summed E-state index contributed by atoms with van der Waals surface area (Å²) >= 11 is 0. The van der Waals surface area contributed by atoms with Crippen LogP contribution in [0.15, 0.2) is 12.1 Å². The summed E-state index contributed by atoms with van der Waals surface area (Å²) in [5.74, 6) is 1.16. The van der Waals surface area contributed by atoms with E-state index in [4.69, 9.17) is 0 Å². The summed E-state index contributed by atoms with van der Waals surface area (Å²) in [6, 6.07) is 3.85. The van der Waals surface area contributed by atoms with Crippen molar-refractivity contribution in [2.24, 2.45) is 5.92 Å². The van der Waals surface area contributed by atoms with Crippen molar-refractivity contribution in [1.82, 2.24) is 15.1 Å². The molecule has 0 radical (unpaired) electrons. The van der Waals surface area contributed by atoms with Gasteiger partial charge in [0, 0.05) is 19.6 Å². The predicted molar refractivity (Wildman–Crippen MR) is 70.5 cm³/mol. The molecule has 0 aromatic carbocycles. The maximum absolute atomic E-state index is 12.4. The van der Waals surface area contributed by atoms with Gasteiger partial charge in [-0.25, -0.2) is 0 Å². The molecule has 0 aliphatic carbocycles. The lowest BCUT2D eigenvalue weighted by atomic mass is 10.0. The van der Waals surface area contributed by atoms with Gasteiger partial charge in [0.2, 0.25) is 0 Å². The topological polar surface area (TPSA) is 58.1 Å². The molecule has 1 aromatic rings. The largest absolute Gasteiger partial charge is 0.372 e. The average molecular weight is 248 g/mol. The minimum absolute atomic E-state index is 0.00125. The fourth-order valence-electron chi connectivity index (χ4n) is 2.46. The highest BCUT2D eigenvalue weighted by Crippen LogP contribution is 2.25. The molecule has 0 spiro atoms. The molecule has 2 heterocycles. The minimum Gasteiger partial charge on any atom is -0.372 e. The first-order valence-corrected chi connectivity index (χ1v) is 6.46. The number of nitrogens with one attached hydrogen (secondary N) is 1. The Labute approximate surface area is 108 Å². The molecule has 5 heteroatoms. The predicted octanol–water partition coefficient (Wildman–Crippen LogP) is 1.78. The summed E-state index contributed by atoms with van der Waals surface area (Å²) in [5, 5.41) is 10.8. The smallest absolute Gasteiger partial charge is 0.274 e. The van der Waals surface area contributed by atoms with E-state index in [1.807, 2.05) is 4.90 Å². The first-order valence-electron chi connectivity index (χ1n) is 6.46. The van der Waals surface area contributed by atoms with E-state index in [1.165, 1.54) is 0 Å². The van der Waals surface area contributed by atoms with Gasteiger partial charge in [-0.3, -0.25) is 4.79 Å². The number of anilines is 1. The van der Waals surface area contributed by atoms with Gasteiger partial charge in [-0.2, -0.15) is 0 Å². The third-order valence-electron chi connectivity index (χ3n) is 3.47. The molecule has 98 valence electrons. The molecule has 18 heavy (non-hydrogen) atoms. The molecule has 5 nitrogen and oxygen atoms in total. The van der Waals surface area contributed by atoms with Crippen LogP contribution in [0.5, 0.6) is 0 Å². The van der Waals surface area contributed by atoms with Crippen LogP contribution in [0.4, 0.5) is 5.82 Å². The summed E-state index contributed by atoms with van der Waals surface area (Å²) in [4.78, 5) is 14.3. The van der Waals surface area contributed by atoms with Gasteiger partial charge in [0.05, 0.1) is 0 Å². The van der Waals surface area contributed by atoms with E-state index >= 15 is 0 Å². The molecule has 1 unspecified atom stereocenters. The number of aromatic nitrogens is 2. The highest BCUT2D eigenvalue weighted by Gasteiger charge is 2.31. The van der Waals surface area contributed by atoms with E-state index in [0.717, 1.165) is 19.4 Å². The van der Waals surface area contributed by atoms with Crippen molar-refractivity contribution in [2.75, 3.05) is 18.9 Å². The number of hydrogen-bond acceptors (Lipinski definition) is 4. The summed E-state index contributed by atoms with van der Waals surface area (Å²) in [5.41, 5.74) is 0.432. The maximum Gasteiger partial charge on any atom is 0.274 e. The van der Waals surface area contributed by atoms with Crippen LogP contribution < -0.4 is 5.32 Å². The molecular weight excluding hydrogens is 228 g/mol. The monoisotopic (exact) mass is 248 g/mol. The van der Waals surface area contributed by atoms with Crippen molar-refractivity contribution in [3.8, 4) is 0 Å². The summed E-state index contributed by atoms with van der Waals surface area (Å²) < 4.78 is 0. The average Bonchev–Trinajstić information content (AvgIpc) is 2.87. The number of nitrogens with zero attached hydrogens (tertiary/aromatic N) is 3. The van der Waals surface area contributed by atoms with Crippen molar-refractivity contribution in [2.45, 2.75) is 32.7 Å². The Morgan fingerprint density at radius 2 is 2.22 bits per heavy atom. The Balaban J connectivity index is 2.14. The van der Waals surface area contributed by atoms with Gasteiger partial charge in [-0.15, -0.1) is 10.2 Å². The van der Waals surface area contributed by atoms with Gasteiger partial charge in [0.1, 0.15) is 5.82 Å². The summed E-state index contributed by atoms with van der Waals surface area (Å²) in [7, 11) is 1.78. The molecule has 1 atom stereocenters. The molecule has 1 aliphatic heterocycles. The second-order valence-corrected chi connectivity index (χ2v) is 5.01. The Morgan fingerprint density at radius 1 is 1.44 bits per heavy atom. The normalized spacial score (nSPS) is 19.3. The lowest BCUT2D eigenvalue weighted by Gasteiger charge is -2.27. The fraction of sp³-hybridized carbons (Fsp3) is 0.615. The van der Waals surface area contributed by atoms with E-state index < -0.39 is 0 Å². The van der Waals surface area contributed by atoms with Crippen LogP contribution in [0.2, 0.25) is 0 Å². The Bertz CT molecular complexity index is 416. The third-order valence-corrected chi connectivity index (χ3v) is 3.47. The number of rotatable bonds is 3. The van der Waals surface area contributed by atoms with Crippen molar-refractivity contribution in [3.05, 3.63) is 17.8 Å². The zero-order valence-electron chi connectivity index (χ0n) is 11.2. The van der Waals surface area contributed by atoms with E-state index in [-0.39, 0.29) is 5.91 Å². The zero-order valence-corrected chi connectivity index (χ0v) is 11.2. The van der Waals surface area contributed by atoms with Gasteiger partial charge < -0.3 is 10.2 Å². The van der Waals surface area contributed by atoms with Crippen molar-refractivity contribution in [1.29, 1.82) is 0 Å². The highest BCUT2D eigenvalue weighted by molar-refractivity contribution is 5.92. The number of amides is 1. The van der Waals surface area contributed by atoms with Crippen LogP contribution in [0.1, 0.15) is 37.2 Å². The Kier molecular flexibility index (Phi) is 3.79. The molecule has 0 saturated carbocycles. The van der Waals surface area contributed by atoms with Gasteiger partial charge in [-0.1, -0.05) is 13.8 Å². The summed E-state index contributed by atoms with van der Waals surface area (Å²) in [6.45, 7) is 5.15. The van der Waals surface area contributed by atoms with Gasteiger partial charge >= 0.3 is 0 Å². The van der Waals surface area contributed by atoms with Gasteiger partial charge in [0.15, 0.2) is 5.69 Å². The first kappa shape index (κ1) is 12.8. The molecule has 1 amide bonds. The quantitative estimate of drug-likeness (QED) is 0.885. The van der Waals surface area contributed by atoms with E-state index in [9.17, 15) is 4.79 Å². The van der Waals surface area contributed by atoms with Crippen molar-refractivity contribution >= 4 is 11.7 Å². The standard InChI is InChI=1S/C13H20N4O/c1-9(2)11-5-4-8-17(11)13(18)10-6-7-12(14-3)16-15-10/h6-7,9,11H,4-5,8H2,1-3H3,(H,14,16). The summed E-state index contributed by atoms with van der Waals surface area (Å²) in [6.07, 6.45) is 2.17. The van der Waals surface area contributed by atoms with Crippen LogP contribution >= 0.6 is 0 Å². The Morgan fingerprint density at radius 3 is 2.78 bits per heavy atom. The van der Waals surface area contributed by atoms with Gasteiger partial charge in [0.25, 0.3) is 5.91 Å². The zero-order chi connectivity index (χ0) is 13.1. The van der Waals surface area contributed by atoms with Crippen LogP contribution in [0.3, 0.4) is 0 Å². The molecular formula is C13H20N4O. The second-order valence-electron chi connectivity index (χ2n) is 5.01. The molecule has 1 aromatic heterocycles. The van der Waals surface area contributed by atoms with Crippen LogP contribution in [-0.2, 0) is 0 Å². The number of carbonyl (C=O) groups is 1. The van der Waals surface area contributed by atoms with E-state index in [1.54, 1.807) is 19.2 Å². The first-order chi connectivity index (χ1) is 8.63. The third kappa shape index (κ3) is 2.44. The molecule has 1 fully saturated rings. The second kappa shape index (κ2) is 5.33. The van der Waals surface area contributed by atoms with Crippen LogP contribution in [-0.4, -0.2) is 40.6 Å². The van der Waals surface area contributed by atoms with E-state index in [2.05, 4.69) is 29.4 Å². The number of hydrogen-bond donors (Lipinski definition) is 1. The van der Waals surface area contributed by atoms with Crippen molar-refractivity contribution in [3.63, 3.8) is 0 Å². The number of carbonyl (C=O) groups excluding carboxylic acids is 1. The Hall–Kier alpha value is -1.65. The molecule has 1 saturated heterocycles. The lowest BCUT2D eigenvalue weighted by Crippen LogP contribution is -2.39. The maximum atomic E-state index is 12.4. The van der Waals surface area contributed by atoms with Crippen molar-refractivity contribution < 1.29 is 4.79 Å². The van der Waals surface area contributed by atoms with E-state index in [0.29, 0.717) is 23.5 Å². The highest BCUT2D eigenvalue weighted by atomic mass is 16.2. The SMILES string of the molecule is CNc1ccc(C(=O)N2CCCC2C(C)C)nn1. The van der Waals surface area contributed by atoms with Gasteiger partial charge in [-0.05, 0) is 30.9 Å². The number of likely N-dealkylation sites (tertiary alicyclic amines) is 1. The molecule has 2 rings (SSSR count). The lowest BCUT2D eigenvalue weighted by molar-refractivity contribution is 0.0694. The fourth-order valence-corrected chi connectivity index (χ4v) is 2.46. The van der Waals surface area contributed by atoms with Crippen LogP contribution in [0.25, 0.3) is 0 Å². The minimum atomic E-state index is 0.00125. The van der Waals surface area contributed by atoms with Crippen LogP contribution in [0, 0.1) is 5.92 Å². The molecule has 1 N–H and O–H groups in total. The molecule has 1 aliphatic rings.